The third-order valence-corrected chi connectivity index (χ3v) is 9.01. The van der Waals surface area contributed by atoms with Gasteiger partial charge in [0, 0.05) is 27.8 Å². The minimum Gasteiger partial charge on any atom is -0.437 e. The third kappa shape index (κ3) is 4.44. The minimum atomic E-state index is 0.628. The van der Waals surface area contributed by atoms with Crippen LogP contribution in [0.25, 0.3) is 90.0 Å². The van der Waals surface area contributed by atoms with E-state index in [0.717, 1.165) is 72.5 Å². The lowest BCUT2D eigenvalue weighted by Crippen LogP contribution is -2.00. The summed E-state index contributed by atoms with van der Waals surface area (Å²) in [5.41, 5.74) is 10.5. The Labute approximate surface area is 280 Å². The summed E-state index contributed by atoms with van der Waals surface area (Å²) in [6.07, 6.45) is 0. The molecule has 7 nitrogen and oxygen atoms in total. The molecule has 0 aliphatic heterocycles. The van der Waals surface area contributed by atoms with Crippen LogP contribution in [0.5, 0.6) is 0 Å². The Bertz CT molecular complexity index is 2740. The number of para-hydroxylation sites is 2. The predicted octanol–water partition coefficient (Wildman–Crippen LogP) is 10.0. The smallest absolute Gasteiger partial charge is 0.232 e. The maximum absolute atomic E-state index is 6.46. The summed E-state index contributed by atoms with van der Waals surface area (Å²) in [6.45, 7) is 0. The van der Waals surface area contributed by atoms with Gasteiger partial charge in [-0.3, -0.25) is 4.57 Å². The summed E-state index contributed by atoms with van der Waals surface area (Å²) in [7, 11) is 0. The molecule has 10 aromatic rings. The zero-order chi connectivity index (χ0) is 32.3. The number of fused-ring (bicyclic) bond motifs is 7. The highest BCUT2D eigenvalue weighted by Gasteiger charge is 2.23. The molecule has 0 unspecified atom stereocenters. The van der Waals surface area contributed by atoms with Crippen molar-refractivity contribution in [3.63, 3.8) is 0 Å². The summed E-state index contributed by atoms with van der Waals surface area (Å²) >= 11 is 0. The minimum absolute atomic E-state index is 0.628. The molecule has 7 heteroatoms. The normalized spacial score (nSPS) is 11.7. The quantitative estimate of drug-likeness (QED) is 0.189. The van der Waals surface area contributed by atoms with Crippen molar-refractivity contribution in [2.45, 2.75) is 0 Å². The summed E-state index contributed by atoms with van der Waals surface area (Å²) in [4.78, 5) is 19.8. The van der Waals surface area contributed by atoms with Crippen LogP contribution in [-0.2, 0) is 0 Å². The third-order valence-electron chi connectivity index (χ3n) is 9.01. The van der Waals surface area contributed by atoms with Gasteiger partial charge in [-0.15, -0.1) is 0 Å². The lowest BCUT2D eigenvalue weighted by molar-refractivity contribution is 0.651. The van der Waals surface area contributed by atoms with E-state index >= 15 is 0 Å². The van der Waals surface area contributed by atoms with E-state index in [1.54, 1.807) is 0 Å². The Kier molecular flexibility index (Phi) is 6.04. The van der Waals surface area contributed by atoms with Crippen molar-refractivity contribution in [3.8, 4) is 51.0 Å². The summed E-state index contributed by atoms with van der Waals surface area (Å²) in [5.74, 6) is 2.72. The molecule has 230 valence electrons. The zero-order valence-electron chi connectivity index (χ0n) is 26.1. The fourth-order valence-corrected chi connectivity index (χ4v) is 6.66. The van der Waals surface area contributed by atoms with Gasteiger partial charge in [0.25, 0.3) is 0 Å². The number of furan rings is 1. The Morgan fingerprint density at radius 3 is 1.63 bits per heavy atom. The monoisotopic (exact) mass is 630 g/mol. The average molecular weight is 631 g/mol. The number of hydrogen-bond donors (Lipinski definition) is 0. The highest BCUT2D eigenvalue weighted by Crippen LogP contribution is 2.37. The van der Waals surface area contributed by atoms with Gasteiger partial charge in [0.15, 0.2) is 17.5 Å². The van der Waals surface area contributed by atoms with Crippen LogP contribution in [0, 0.1) is 0 Å². The van der Waals surface area contributed by atoms with Crippen molar-refractivity contribution in [1.29, 1.82) is 0 Å². The van der Waals surface area contributed by atoms with E-state index in [1.165, 1.54) is 0 Å². The first-order valence-electron chi connectivity index (χ1n) is 16.2. The highest BCUT2D eigenvalue weighted by atomic mass is 16.3. The Balaban J connectivity index is 1.08. The molecule has 10 rings (SSSR count). The maximum atomic E-state index is 6.46. The fourth-order valence-electron chi connectivity index (χ4n) is 6.66. The second kappa shape index (κ2) is 10.9. The standard InChI is InChI=1S/C42H26N6O/c1-4-12-28(13-5-1)38-44-39(29-14-6-2-7-15-29)46-40(45-38)30-22-20-27(21-23-30)31-24-25-35-34(26-31)43-42-47(32-16-8-3-9-17-32)37-33-18-10-11-19-36(33)49-41(37)48(35)42/h1-26H. The largest absolute Gasteiger partial charge is 0.437 e. The molecule has 0 amide bonds. The molecule has 0 radical (unpaired) electrons. The molecule has 4 aromatic heterocycles. The Hall–Kier alpha value is -6.86. The van der Waals surface area contributed by atoms with Gasteiger partial charge in [-0.2, -0.15) is 0 Å². The van der Waals surface area contributed by atoms with Crippen LogP contribution in [-0.4, -0.2) is 28.9 Å². The number of hydrogen-bond acceptors (Lipinski definition) is 5. The molecular formula is C42H26N6O. The number of aromatic nitrogens is 6. The molecule has 0 N–H and O–H groups in total. The molecular weight excluding hydrogens is 605 g/mol. The van der Waals surface area contributed by atoms with Gasteiger partial charge in [-0.1, -0.05) is 121 Å². The second-order valence-electron chi connectivity index (χ2n) is 12.0. The SMILES string of the molecule is c1ccc(-c2nc(-c3ccccc3)nc(-c3ccc(-c4ccc5c(c4)nc4n(-c6ccccc6)c6c7ccccc7oc6n54)cc3)n2)cc1. The van der Waals surface area contributed by atoms with E-state index in [-0.39, 0.29) is 0 Å². The second-order valence-corrected chi connectivity index (χ2v) is 12.0. The topological polar surface area (TPSA) is 74.0 Å². The van der Waals surface area contributed by atoms with Crippen LogP contribution in [0.4, 0.5) is 0 Å². The Morgan fingerprint density at radius 1 is 0.449 bits per heavy atom. The summed E-state index contributed by atoms with van der Waals surface area (Å²) in [5, 5.41) is 1.06. The van der Waals surface area contributed by atoms with Crippen LogP contribution in [0.15, 0.2) is 162 Å². The first kappa shape index (κ1) is 27.3. The molecule has 0 saturated carbocycles. The molecule has 0 saturated heterocycles. The van der Waals surface area contributed by atoms with Gasteiger partial charge < -0.3 is 4.42 Å². The van der Waals surface area contributed by atoms with Crippen molar-refractivity contribution in [2.75, 3.05) is 0 Å². The van der Waals surface area contributed by atoms with Crippen LogP contribution in [0.1, 0.15) is 0 Å². The zero-order valence-corrected chi connectivity index (χ0v) is 26.1. The summed E-state index contributed by atoms with van der Waals surface area (Å²) in [6, 6.07) is 53.3. The maximum Gasteiger partial charge on any atom is 0.232 e. The van der Waals surface area contributed by atoms with E-state index in [0.29, 0.717) is 17.5 Å². The van der Waals surface area contributed by atoms with Gasteiger partial charge >= 0.3 is 0 Å². The van der Waals surface area contributed by atoms with Gasteiger partial charge in [-0.25, -0.2) is 24.3 Å². The molecule has 0 aliphatic carbocycles. The molecule has 49 heavy (non-hydrogen) atoms. The van der Waals surface area contributed by atoms with Crippen molar-refractivity contribution in [1.82, 2.24) is 28.9 Å². The van der Waals surface area contributed by atoms with Crippen molar-refractivity contribution < 1.29 is 4.42 Å². The molecule has 0 bridgehead atoms. The van der Waals surface area contributed by atoms with Gasteiger partial charge in [0.1, 0.15) is 11.1 Å². The Morgan fingerprint density at radius 2 is 0.980 bits per heavy atom. The molecule has 0 atom stereocenters. The predicted molar refractivity (Wildman–Crippen MR) is 194 cm³/mol. The van der Waals surface area contributed by atoms with E-state index < -0.39 is 0 Å². The number of nitrogens with zero attached hydrogens (tertiary/aromatic N) is 6. The molecule has 6 aromatic carbocycles. The average Bonchev–Trinajstić information content (AvgIpc) is 3.83. The molecule has 0 fully saturated rings. The lowest BCUT2D eigenvalue weighted by Gasteiger charge is -2.09. The fraction of sp³-hybridized carbons (Fsp3) is 0. The van der Waals surface area contributed by atoms with Gasteiger partial charge in [0.2, 0.25) is 11.5 Å². The van der Waals surface area contributed by atoms with Crippen molar-refractivity contribution in [3.05, 3.63) is 158 Å². The van der Waals surface area contributed by atoms with Crippen LogP contribution >= 0.6 is 0 Å². The van der Waals surface area contributed by atoms with E-state index in [2.05, 4.69) is 69.6 Å². The number of imidazole rings is 2. The first-order valence-corrected chi connectivity index (χ1v) is 16.2. The first-order chi connectivity index (χ1) is 24.3. The van der Waals surface area contributed by atoms with Gasteiger partial charge in [-0.05, 0) is 47.5 Å². The highest BCUT2D eigenvalue weighted by molar-refractivity contribution is 6.06. The molecule has 0 spiro atoms. The van der Waals surface area contributed by atoms with E-state index in [4.69, 9.17) is 24.4 Å². The summed E-state index contributed by atoms with van der Waals surface area (Å²) < 4.78 is 10.8. The molecule has 4 heterocycles. The molecule has 0 aliphatic rings. The number of rotatable bonds is 5. The van der Waals surface area contributed by atoms with Crippen LogP contribution in [0.3, 0.4) is 0 Å². The van der Waals surface area contributed by atoms with E-state index in [1.807, 2.05) is 97.1 Å². The lowest BCUT2D eigenvalue weighted by atomic mass is 10.0. The van der Waals surface area contributed by atoms with Crippen LogP contribution in [0.2, 0.25) is 0 Å². The van der Waals surface area contributed by atoms with Gasteiger partial charge in [0.05, 0.1) is 11.0 Å². The number of benzene rings is 6. The van der Waals surface area contributed by atoms with E-state index in [9.17, 15) is 0 Å². The van der Waals surface area contributed by atoms with Crippen molar-refractivity contribution in [2.24, 2.45) is 0 Å². The van der Waals surface area contributed by atoms with Crippen molar-refractivity contribution >= 4 is 39.0 Å². The van der Waals surface area contributed by atoms with Crippen LogP contribution < -0.4 is 0 Å².